The van der Waals surface area contributed by atoms with Crippen molar-refractivity contribution in [3.05, 3.63) is 36.4 Å². The van der Waals surface area contributed by atoms with Gasteiger partial charge in [-0.1, -0.05) is 24.3 Å². The summed E-state index contributed by atoms with van der Waals surface area (Å²) in [6, 6.07) is 10.2. The maximum absolute atomic E-state index is 13.1. The smallest absolute Gasteiger partial charge is 0.243 e. The quantitative estimate of drug-likeness (QED) is 0.847. The van der Waals surface area contributed by atoms with Crippen molar-refractivity contribution >= 4 is 44.8 Å². The summed E-state index contributed by atoms with van der Waals surface area (Å²) in [6.07, 6.45) is 1.61. The van der Waals surface area contributed by atoms with E-state index in [0.717, 1.165) is 12.8 Å². The van der Waals surface area contributed by atoms with Gasteiger partial charge in [0.25, 0.3) is 0 Å². The van der Waals surface area contributed by atoms with Gasteiger partial charge in [0.2, 0.25) is 15.9 Å². The number of halogens is 1. The summed E-state index contributed by atoms with van der Waals surface area (Å²) in [6.45, 7) is 2.24. The van der Waals surface area contributed by atoms with E-state index in [0.29, 0.717) is 29.5 Å². The summed E-state index contributed by atoms with van der Waals surface area (Å²) in [5.74, 6) is -0.196. The molecule has 136 valence electrons. The fourth-order valence-corrected chi connectivity index (χ4v) is 5.18. The van der Waals surface area contributed by atoms with E-state index in [1.165, 1.54) is 11.2 Å². The summed E-state index contributed by atoms with van der Waals surface area (Å²) < 4.78 is 27.8. The molecule has 8 heteroatoms. The van der Waals surface area contributed by atoms with Crippen molar-refractivity contribution in [1.82, 2.24) is 4.31 Å². The number of carbonyl (C=O) groups is 1. The highest BCUT2D eigenvalue weighted by Gasteiger charge is 2.35. The van der Waals surface area contributed by atoms with Crippen LogP contribution in [0, 0.1) is 0 Å². The van der Waals surface area contributed by atoms with Crippen LogP contribution in [0.15, 0.2) is 41.3 Å². The minimum Gasteiger partial charge on any atom is -0.329 e. The molecule has 1 saturated heterocycles. The zero-order chi connectivity index (χ0) is 17.3. The van der Waals surface area contributed by atoms with Gasteiger partial charge in [0.1, 0.15) is 0 Å². The Balaban J connectivity index is 0.00000225. The van der Waals surface area contributed by atoms with Crippen LogP contribution in [-0.4, -0.2) is 37.8 Å². The zero-order valence-electron chi connectivity index (χ0n) is 13.9. The SMILES string of the molecule is CC(=O)Nc1ccc(S(=O)(=O)N2CCCC2CN)c2ccccc12.Cl. The predicted octanol–water partition coefficient (Wildman–Crippen LogP) is 2.33. The third-order valence-electron chi connectivity index (χ3n) is 4.38. The van der Waals surface area contributed by atoms with Crippen molar-refractivity contribution in [1.29, 1.82) is 0 Å². The molecule has 0 radical (unpaired) electrons. The molecule has 0 aliphatic carbocycles. The minimum absolute atomic E-state index is 0. The first kappa shape index (κ1) is 19.7. The number of rotatable bonds is 4. The van der Waals surface area contributed by atoms with Gasteiger partial charge in [-0.05, 0) is 25.0 Å². The summed E-state index contributed by atoms with van der Waals surface area (Å²) in [5.41, 5.74) is 6.34. The lowest BCUT2D eigenvalue weighted by molar-refractivity contribution is -0.114. The molecule has 3 rings (SSSR count). The third kappa shape index (κ3) is 3.64. The average Bonchev–Trinajstić information content (AvgIpc) is 3.04. The Morgan fingerprint density at radius 1 is 1.24 bits per heavy atom. The summed E-state index contributed by atoms with van der Waals surface area (Å²) in [7, 11) is -3.63. The number of hydrogen-bond donors (Lipinski definition) is 2. The Kier molecular flexibility index (Phi) is 6.05. The normalized spacial score (nSPS) is 18.1. The first-order valence-corrected chi connectivity index (χ1v) is 9.40. The molecule has 1 fully saturated rings. The molecular formula is C17H22ClN3O3S. The highest BCUT2D eigenvalue weighted by molar-refractivity contribution is 7.89. The Bertz CT molecular complexity index is 886. The highest BCUT2D eigenvalue weighted by Crippen LogP contribution is 2.33. The van der Waals surface area contributed by atoms with Gasteiger partial charge in [-0.3, -0.25) is 4.79 Å². The Labute approximate surface area is 153 Å². The largest absolute Gasteiger partial charge is 0.329 e. The molecule has 1 amide bonds. The number of nitrogens with one attached hydrogen (secondary N) is 1. The fourth-order valence-electron chi connectivity index (χ4n) is 3.28. The highest BCUT2D eigenvalue weighted by atomic mass is 35.5. The molecule has 6 nitrogen and oxygen atoms in total. The molecule has 0 bridgehead atoms. The third-order valence-corrected chi connectivity index (χ3v) is 6.39. The number of hydrogen-bond acceptors (Lipinski definition) is 4. The molecule has 1 aliphatic rings. The molecule has 0 saturated carbocycles. The number of anilines is 1. The van der Waals surface area contributed by atoms with E-state index in [-0.39, 0.29) is 29.3 Å². The van der Waals surface area contributed by atoms with Crippen molar-refractivity contribution in [3.8, 4) is 0 Å². The van der Waals surface area contributed by atoms with Crippen molar-refractivity contribution in [2.75, 3.05) is 18.4 Å². The molecule has 2 aromatic carbocycles. The van der Waals surface area contributed by atoms with E-state index in [2.05, 4.69) is 5.32 Å². The molecule has 1 unspecified atom stereocenters. The maximum atomic E-state index is 13.1. The number of carbonyl (C=O) groups excluding carboxylic acids is 1. The van der Waals surface area contributed by atoms with Gasteiger partial charge in [-0.15, -0.1) is 12.4 Å². The second-order valence-corrected chi connectivity index (χ2v) is 7.84. The number of benzene rings is 2. The first-order chi connectivity index (χ1) is 11.4. The van der Waals surface area contributed by atoms with Crippen LogP contribution in [0.3, 0.4) is 0 Å². The second kappa shape index (κ2) is 7.70. The van der Waals surface area contributed by atoms with Gasteiger partial charge >= 0.3 is 0 Å². The lowest BCUT2D eigenvalue weighted by atomic mass is 10.1. The van der Waals surface area contributed by atoms with Crippen LogP contribution in [0.1, 0.15) is 19.8 Å². The van der Waals surface area contributed by atoms with E-state index < -0.39 is 10.0 Å². The fraction of sp³-hybridized carbons (Fsp3) is 0.353. The van der Waals surface area contributed by atoms with Crippen LogP contribution in [0.25, 0.3) is 10.8 Å². The van der Waals surface area contributed by atoms with Crippen LogP contribution >= 0.6 is 12.4 Å². The number of amides is 1. The molecule has 25 heavy (non-hydrogen) atoms. The van der Waals surface area contributed by atoms with Gasteiger partial charge in [0, 0.05) is 42.5 Å². The van der Waals surface area contributed by atoms with Crippen molar-refractivity contribution < 1.29 is 13.2 Å². The number of nitrogens with zero attached hydrogens (tertiary/aromatic N) is 1. The van der Waals surface area contributed by atoms with Crippen LogP contribution in [0.2, 0.25) is 0 Å². The lowest BCUT2D eigenvalue weighted by Crippen LogP contribution is -2.39. The van der Waals surface area contributed by atoms with E-state index >= 15 is 0 Å². The lowest BCUT2D eigenvalue weighted by Gasteiger charge is -2.24. The molecule has 0 spiro atoms. The summed E-state index contributed by atoms with van der Waals surface area (Å²) >= 11 is 0. The van der Waals surface area contributed by atoms with Crippen LogP contribution in [0.4, 0.5) is 5.69 Å². The zero-order valence-corrected chi connectivity index (χ0v) is 15.6. The van der Waals surface area contributed by atoms with Crippen LogP contribution in [-0.2, 0) is 14.8 Å². The van der Waals surface area contributed by atoms with E-state index in [1.807, 2.05) is 12.1 Å². The predicted molar refractivity (Wildman–Crippen MR) is 101 cm³/mol. The van der Waals surface area contributed by atoms with Gasteiger partial charge in [-0.2, -0.15) is 4.31 Å². The van der Waals surface area contributed by atoms with E-state index in [1.54, 1.807) is 24.3 Å². The molecule has 1 atom stereocenters. The first-order valence-electron chi connectivity index (χ1n) is 7.96. The Morgan fingerprint density at radius 2 is 1.92 bits per heavy atom. The van der Waals surface area contributed by atoms with Crippen molar-refractivity contribution in [2.45, 2.75) is 30.7 Å². The molecule has 2 aromatic rings. The monoisotopic (exact) mass is 383 g/mol. The Morgan fingerprint density at radius 3 is 2.56 bits per heavy atom. The molecule has 0 aromatic heterocycles. The van der Waals surface area contributed by atoms with Crippen LogP contribution < -0.4 is 11.1 Å². The summed E-state index contributed by atoms with van der Waals surface area (Å²) in [4.78, 5) is 11.6. The van der Waals surface area contributed by atoms with Crippen molar-refractivity contribution in [2.24, 2.45) is 5.73 Å². The van der Waals surface area contributed by atoms with Gasteiger partial charge in [0.15, 0.2) is 0 Å². The van der Waals surface area contributed by atoms with Crippen LogP contribution in [0.5, 0.6) is 0 Å². The Hall–Kier alpha value is -1.67. The van der Waals surface area contributed by atoms with Gasteiger partial charge < -0.3 is 11.1 Å². The number of fused-ring (bicyclic) bond motifs is 1. The number of sulfonamides is 1. The number of nitrogens with two attached hydrogens (primary N) is 1. The molecule has 3 N–H and O–H groups in total. The molecule has 1 heterocycles. The maximum Gasteiger partial charge on any atom is 0.243 e. The summed E-state index contributed by atoms with van der Waals surface area (Å²) in [5, 5.41) is 4.06. The molecule has 1 aliphatic heterocycles. The van der Waals surface area contributed by atoms with E-state index in [9.17, 15) is 13.2 Å². The minimum atomic E-state index is -3.63. The standard InChI is InChI=1S/C17H21N3O3S.ClH/c1-12(21)19-16-8-9-17(15-7-3-2-6-14(15)16)24(22,23)20-10-4-5-13(20)11-18;/h2-3,6-9,13H,4-5,10-11,18H2,1H3,(H,19,21);1H. The topological polar surface area (TPSA) is 92.5 Å². The second-order valence-electron chi connectivity index (χ2n) is 5.99. The van der Waals surface area contributed by atoms with Crippen molar-refractivity contribution in [3.63, 3.8) is 0 Å². The average molecular weight is 384 g/mol. The van der Waals surface area contributed by atoms with Gasteiger partial charge in [-0.25, -0.2) is 8.42 Å². The van der Waals surface area contributed by atoms with E-state index in [4.69, 9.17) is 5.73 Å². The molecular weight excluding hydrogens is 362 g/mol. The van der Waals surface area contributed by atoms with Gasteiger partial charge in [0.05, 0.1) is 4.90 Å².